The lowest BCUT2D eigenvalue weighted by Gasteiger charge is -2.12. The van der Waals surface area contributed by atoms with E-state index in [2.05, 4.69) is 20.6 Å². The number of hydrogen-bond donors (Lipinski definition) is 2. The van der Waals surface area contributed by atoms with Gasteiger partial charge in [-0.25, -0.2) is 4.98 Å². The van der Waals surface area contributed by atoms with Crippen LogP contribution in [0.2, 0.25) is 10.0 Å². The van der Waals surface area contributed by atoms with Gasteiger partial charge in [0.2, 0.25) is 5.95 Å². The molecule has 0 bridgehead atoms. The maximum absolute atomic E-state index is 6.18. The quantitative estimate of drug-likeness (QED) is 0.609. The van der Waals surface area contributed by atoms with Crippen LogP contribution in [0.5, 0.6) is 5.75 Å². The van der Waals surface area contributed by atoms with E-state index in [1.807, 2.05) is 25.1 Å². The molecule has 0 aliphatic carbocycles. The highest BCUT2D eigenvalue weighted by Crippen LogP contribution is 2.29. The zero-order valence-electron chi connectivity index (χ0n) is 13.7. The number of aromatic nitrogens is 2. The Morgan fingerprint density at radius 2 is 1.80 bits per heavy atom. The van der Waals surface area contributed by atoms with E-state index in [4.69, 9.17) is 27.9 Å². The number of benzene rings is 2. The van der Waals surface area contributed by atoms with Gasteiger partial charge in [-0.3, -0.25) is 0 Å². The van der Waals surface area contributed by atoms with Gasteiger partial charge in [0.15, 0.2) is 0 Å². The third kappa shape index (κ3) is 4.32. The molecule has 2 aromatic carbocycles. The lowest BCUT2D eigenvalue weighted by molar-refractivity contribution is 0.416. The number of anilines is 4. The second-order valence-electron chi connectivity index (χ2n) is 5.34. The summed E-state index contributed by atoms with van der Waals surface area (Å²) >= 11 is 12.2. The molecule has 0 radical (unpaired) electrons. The van der Waals surface area contributed by atoms with Crippen molar-refractivity contribution in [3.05, 3.63) is 64.3 Å². The first-order valence-electron chi connectivity index (χ1n) is 7.52. The van der Waals surface area contributed by atoms with Crippen LogP contribution in [0.1, 0.15) is 5.56 Å². The van der Waals surface area contributed by atoms with Gasteiger partial charge < -0.3 is 15.4 Å². The van der Waals surface area contributed by atoms with Crippen LogP contribution in [0, 0.1) is 6.92 Å². The van der Waals surface area contributed by atoms with Gasteiger partial charge in [-0.1, -0.05) is 29.3 Å². The Kier molecular flexibility index (Phi) is 5.26. The van der Waals surface area contributed by atoms with E-state index in [1.165, 1.54) is 0 Å². The van der Waals surface area contributed by atoms with Gasteiger partial charge >= 0.3 is 0 Å². The summed E-state index contributed by atoms with van der Waals surface area (Å²) < 4.78 is 5.36. The largest absolute Gasteiger partial charge is 0.495 e. The molecule has 25 heavy (non-hydrogen) atoms. The van der Waals surface area contributed by atoms with E-state index in [0.717, 1.165) is 11.3 Å². The highest BCUT2D eigenvalue weighted by molar-refractivity contribution is 6.35. The van der Waals surface area contributed by atoms with E-state index in [0.29, 0.717) is 33.2 Å². The maximum Gasteiger partial charge on any atom is 0.229 e. The number of halogens is 2. The Balaban J connectivity index is 1.85. The number of hydrogen-bond acceptors (Lipinski definition) is 5. The molecule has 1 aromatic heterocycles. The molecule has 1 heterocycles. The number of nitrogens with zero attached hydrogens (tertiary/aromatic N) is 2. The van der Waals surface area contributed by atoms with Crippen LogP contribution in [0.25, 0.3) is 0 Å². The second-order valence-corrected chi connectivity index (χ2v) is 6.19. The van der Waals surface area contributed by atoms with Gasteiger partial charge in [0.1, 0.15) is 11.6 Å². The minimum Gasteiger partial charge on any atom is -0.495 e. The van der Waals surface area contributed by atoms with Crippen LogP contribution in [-0.2, 0) is 0 Å². The van der Waals surface area contributed by atoms with Crippen molar-refractivity contribution in [3.8, 4) is 5.75 Å². The smallest absolute Gasteiger partial charge is 0.229 e. The Morgan fingerprint density at radius 3 is 2.60 bits per heavy atom. The topological polar surface area (TPSA) is 59.1 Å². The van der Waals surface area contributed by atoms with Crippen molar-refractivity contribution in [2.24, 2.45) is 0 Å². The average molecular weight is 375 g/mol. The highest BCUT2D eigenvalue weighted by atomic mass is 35.5. The molecule has 3 aromatic rings. The summed E-state index contributed by atoms with van der Waals surface area (Å²) in [5, 5.41) is 7.45. The Bertz CT molecular complexity index is 902. The molecule has 0 saturated carbocycles. The summed E-state index contributed by atoms with van der Waals surface area (Å²) in [5.74, 6) is 1.74. The molecular formula is C18H16Cl2N4O. The molecular weight excluding hydrogens is 359 g/mol. The summed E-state index contributed by atoms with van der Waals surface area (Å²) in [7, 11) is 1.62. The first-order chi connectivity index (χ1) is 12.0. The molecule has 0 fully saturated rings. The number of rotatable bonds is 5. The third-order valence-electron chi connectivity index (χ3n) is 3.45. The predicted molar refractivity (Wildman–Crippen MR) is 103 cm³/mol. The third-order valence-corrected chi connectivity index (χ3v) is 4.01. The van der Waals surface area contributed by atoms with Gasteiger partial charge in [0.05, 0.1) is 23.5 Å². The summed E-state index contributed by atoms with van der Waals surface area (Å²) in [6, 6.07) is 12.8. The van der Waals surface area contributed by atoms with Gasteiger partial charge in [0.25, 0.3) is 0 Å². The molecule has 128 valence electrons. The minimum atomic E-state index is 0.437. The Hall–Kier alpha value is -2.50. The Morgan fingerprint density at radius 1 is 0.960 bits per heavy atom. The van der Waals surface area contributed by atoms with E-state index in [-0.39, 0.29) is 0 Å². The van der Waals surface area contributed by atoms with E-state index in [1.54, 1.807) is 37.6 Å². The van der Waals surface area contributed by atoms with Crippen LogP contribution in [0.15, 0.2) is 48.7 Å². The molecule has 0 aliphatic rings. The molecule has 0 amide bonds. The van der Waals surface area contributed by atoms with E-state index < -0.39 is 0 Å². The summed E-state index contributed by atoms with van der Waals surface area (Å²) in [6.45, 7) is 2.00. The highest BCUT2D eigenvalue weighted by Gasteiger charge is 2.07. The molecule has 5 nitrogen and oxygen atoms in total. The van der Waals surface area contributed by atoms with Crippen molar-refractivity contribution >= 4 is 46.3 Å². The molecule has 2 N–H and O–H groups in total. The molecule has 0 atom stereocenters. The summed E-state index contributed by atoms with van der Waals surface area (Å²) in [6.07, 6.45) is 1.65. The molecule has 0 unspecified atom stereocenters. The summed E-state index contributed by atoms with van der Waals surface area (Å²) in [5.41, 5.74) is 2.57. The number of ether oxygens (including phenoxy) is 1. The molecule has 0 spiro atoms. The normalized spacial score (nSPS) is 10.4. The second kappa shape index (κ2) is 7.59. The average Bonchev–Trinajstić information content (AvgIpc) is 2.59. The predicted octanol–water partition coefficient (Wildman–Crippen LogP) is 5.59. The standard InChI is InChI=1S/C18H16Cl2N4O/c1-11-3-6-16(25-2)15(9-11)23-18-21-8-7-17(24-18)22-14-10-12(19)4-5-13(14)20/h3-10H,1-2H3,(H2,21,22,23,24). The maximum atomic E-state index is 6.18. The molecule has 7 heteroatoms. The van der Waals surface area contributed by atoms with Gasteiger partial charge in [-0.05, 0) is 48.9 Å². The zero-order chi connectivity index (χ0) is 17.8. The van der Waals surface area contributed by atoms with E-state index >= 15 is 0 Å². The Labute approximate surface area is 156 Å². The molecule has 0 saturated heterocycles. The number of methoxy groups -OCH3 is 1. The summed E-state index contributed by atoms with van der Waals surface area (Å²) in [4.78, 5) is 8.69. The monoisotopic (exact) mass is 374 g/mol. The van der Waals surface area contributed by atoms with Crippen molar-refractivity contribution in [3.63, 3.8) is 0 Å². The van der Waals surface area contributed by atoms with Gasteiger partial charge in [-0.15, -0.1) is 0 Å². The van der Waals surface area contributed by atoms with Crippen molar-refractivity contribution in [1.29, 1.82) is 0 Å². The van der Waals surface area contributed by atoms with Crippen molar-refractivity contribution < 1.29 is 4.74 Å². The van der Waals surface area contributed by atoms with Crippen LogP contribution < -0.4 is 15.4 Å². The first-order valence-corrected chi connectivity index (χ1v) is 8.27. The van der Waals surface area contributed by atoms with Crippen molar-refractivity contribution in [1.82, 2.24) is 9.97 Å². The fourth-order valence-corrected chi connectivity index (χ4v) is 2.60. The number of aryl methyl sites for hydroxylation is 1. The molecule has 0 aliphatic heterocycles. The van der Waals surface area contributed by atoms with Gasteiger partial charge in [-0.2, -0.15) is 4.98 Å². The lowest BCUT2D eigenvalue weighted by atomic mass is 10.2. The van der Waals surface area contributed by atoms with Crippen LogP contribution in [0.3, 0.4) is 0 Å². The fraction of sp³-hybridized carbons (Fsp3) is 0.111. The molecule has 3 rings (SSSR count). The van der Waals surface area contributed by atoms with E-state index in [9.17, 15) is 0 Å². The fourth-order valence-electron chi connectivity index (χ4n) is 2.26. The van der Waals surface area contributed by atoms with Crippen molar-refractivity contribution in [2.45, 2.75) is 6.92 Å². The number of nitrogens with one attached hydrogen (secondary N) is 2. The zero-order valence-corrected chi connectivity index (χ0v) is 15.2. The first kappa shape index (κ1) is 17.3. The van der Waals surface area contributed by atoms with Crippen LogP contribution in [-0.4, -0.2) is 17.1 Å². The van der Waals surface area contributed by atoms with Crippen LogP contribution in [0.4, 0.5) is 23.1 Å². The van der Waals surface area contributed by atoms with Gasteiger partial charge in [0, 0.05) is 11.2 Å². The lowest BCUT2D eigenvalue weighted by Crippen LogP contribution is -2.02. The minimum absolute atomic E-state index is 0.437. The SMILES string of the molecule is COc1ccc(C)cc1Nc1nccc(Nc2cc(Cl)ccc2Cl)n1. The van der Waals surface area contributed by atoms with Crippen LogP contribution >= 0.6 is 23.2 Å². The van der Waals surface area contributed by atoms with Crippen molar-refractivity contribution in [2.75, 3.05) is 17.7 Å².